The van der Waals surface area contributed by atoms with Crippen molar-refractivity contribution < 1.29 is 33.8 Å². The van der Waals surface area contributed by atoms with E-state index in [0.717, 1.165) is 35.0 Å². The van der Waals surface area contributed by atoms with Crippen LogP contribution >= 0.6 is 36.2 Å². The molecule has 3 rings (SSSR count). The fourth-order valence-electron chi connectivity index (χ4n) is 2.97. The standard InChI is InChI=1S/C21H18N4O8S3/c1-31-14-8-11(9-15(32-2)17(14)33-3)22-18(27)19(34)23-24-20(28)16(36-21(24)35)7-10-6-12(25(29)30)4-5-13(10)26/h4-9,26H,1-3H3,(H,22,27)(H,23,34)/b16-7+. The Labute approximate surface area is 219 Å². The molecule has 3 N–H and O–H groups in total. The van der Waals surface area contributed by atoms with Crippen LogP contribution < -0.4 is 25.0 Å². The summed E-state index contributed by atoms with van der Waals surface area (Å²) in [5.41, 5.74) is 2.55. The Kier molecular flexibility index (Phi) is 8.29. The molecule has 0 saturated carbocycles. The van der Waals surface area contributed by atoms with Crippen molar-refractivity contribution in [2.45, 2.75) is 0 Å². The zero-order valence-electron chi connectivity index (χ0n) is 18.9. The maximum absolute atomic E-state index is 12.8. The molecule has 188 valence electrons. The number of carbonyl (C=O) groups excluding carboxylic acids is 2. The van der Waals surface area contributed by atoms with E-state index in [2.05, 4.69) is 10.7 Å². The highest BCUT2D eigenvalue weighted by molar-refractivity contribution is 8.26. The van der Waals surface area contributed by atoms with Crippen molar-refractivity contribution in [1.29, 1.82) is 0 Å². The largest absolute Gasteiger partial charge is 0.507 e. The van der Waals surface area contributed by atoms with Crippen LogP contribution in [0.4, 0.5) is 11.4 Å². The second-order valence-corrected chi connectivity index (χ2v) is 8.91. The van der Waals surface area contributed by atoms with E-state index in [1.807, 2.05) is 0 Å². The fourth-order valence-corrected chi connectivity index (χ4v) is 4.28. The molecule has 0 aromatic heterocycles. The molecule has 15 heteroatoms. The second kappa shape index (κ2) is 11.2. The lowest BCUT2D eigenvalue weighted by Crippen LogP contribution is -2.48. The molecule has 1 heterocycles. The Hall–Kier alpha value is -3.95. The van der Waals surface area contributed by atoms with Gasteiger partial charge in [0, 0.05) is 35.5 Å². The molecule has 1 aliphatic rings. The number of hydrogen-bond acceptors (Lipinski definition) is 11. The molecule has 12 nitrogen and oxygen atoms in total. The lowest BCUT2D eigenvalue weighted by molar-refractivity contribution is -0.384. The van der Waals surface area contributed by atoms with Crippen molar-refractivity contribution in [2.24, 2.45) is 0 Å². The number of nitro benzene ring substituents is 1. The summed E-state index contributed by atoms with van der Waals surface area (Å²) in [6.07, 6.45) is 1.25. The predicted molar refractivity (Wildman–Crippen MR) is 140 cm³/mol. The lowest BCUT2D eigenvalue weighted by atomic mass is 10.1. The number of rotatable bonds is 7. The van der Waals surface area contributed by atoms with Crippen molar-refractivity contribution in [3.05, 3.63) is 50.9 Å². The number of ether oxygens (including phenoxy) is 3. The van der Waals surface area contributed by atoms with Gasteiger partial charge >= 0.3 is 0 Å². The number of nitro groups is 1. The van der Waals surface area contributed by atoms with Crippen molar-refractivity contribution in [3.63, 3.8) is 0 Å². The number of carbonyl (C=O) groups is 2. The Balaban J connectivity index is 1.75. The molecular weight excluding hydrogens is 532 g/mol. The molecule has 0 spiro atoms. The first-order valence-corrected chi connectivity index (χ1v) is 11.4. The van der Waals surface area contributed by atoms with Gasteiger partial charge in [-0.05, 0) is 24.4 Å². The van der Waals surface area contributed by atoms with Crippen LogP contribution in [0.1, 0.15) is 5.56 Å². The second-order valence-electron chi connectivity index (χ2n) is 6.83. The summed E-state index contributed by atoms with van der Waals surface area (Å²) in [5.74, 6) is -0.751. The number of phenolic OH excluding ortho intramolecular Hbond substituents is 1. The third-order valence-corrected chi connectivity index (χ3v) is 6.22. The first-order valence-electron chi connectivity index (χ1n) is 9.77. The first-order chi connectivity index (χ1) is 17.1. The number of thioether (sulfide) groups is 1. The highest BCUT2D eigenvalue weighted by Gasteiger charge is 2.34. The maximum Gasteiger partial charge on any atom is 0.285 e. The average molecular weight is 551 g/mol. The molecule has 0 unspecified atom stereocenters. The summed E-state index contributed by atoms with van der Waals surface area (Å²) in [4.78, 5) is 35.6. The SMILES string of the molecule is COc1cc(NC(=O)C(=S)NN2C(=O)/C(=C\c3cc([N+](=O)[O-])ccc3O)SC2=S)cc(OC)c1OC. The van der Waals surface area contributed by atoms with E-state index >= 15 is 0 Å². The van der Waals surface area contributed by atoms with Gasteiger partial charge in [0.05, 0.1) is 31.2 Å². The summed E-state index contributed by atoms with van der Waals surface area (Å²) in [6.45, 7) is 0. The molecule has 1 aliphatic heterocycles. The monoisotopic (exact) mass is 550 g/mol. The number of nitrogens with one attached hydrogen (secondary N) is 2. The number of hydrazine groups is 1. The maximum atomic E-state index is 12.8. The van der Waals surface area contributed by atoms with Crippen molar-refractivity contribution in [2.75, 3.05) is 26.6 Å². The minimum atomic E-state index is -0.756. The van der Waals surface area contributed by atoms with Gasteiger partial charge in [-0.15, -0.1) is 0 Å². The lowest BCUT2D eigenvalue weighted by Gasteiger charge is -2.18. The smallest absolute Gasteiger partial charge is 0.285 e. The number of thiocarbonyl (C=S) groups is 2. The van der Waals surface area contributed by atoms with E-state index < -0.39 is 16.7 Å². The molecule has 0 radical (unpaired) electrons. The van der Waals surface area contributed by atoms with Crippen molar-refractivity contribution in [3.8, 4) is 23.0 Å². The Morgan fingerprint density at radius 2 is 1.81 bits per heavy atom. The number of nitrogens with zero attached hydrogens (tertiary/aromatic N) is 2. The van der Waals surface area contributed by atoms with Crippen LogP contribution in [-0.4, -0.2) is 57.5 Å². The molecule has 0 bridgehead atoms. The fraction of sp³-hybridized carbons (Fsp3) is 0.143. The Bertz CT molecular complexity index is 1290. The quantitative estimate of drug-likeness (QED) is 0.201. The Morgan fingerprint density at radius 3 is 2.36 bits per heavy atom. The van der Waals surface area contributed by atoms with Gasteiger partial charge in [0.15, 0.2) is 20.8 Å². The molecule has 36 heavy (non-hydrogen) atoms. The molecule has 2 amide bonds. The highest BCUT2D eigenvalue weighted by Crippen LogP contribution is 2.40. The number of hydrogen-bond donors (Lipinski definition) is 3. The predicted octanol–water partition coefficient (Wildman–Crippen LogP) is 3.00. The van der Waals surface area contributed by atoms with Crippen LogP contribution in [-0.2, 0) is 9.59 Å². The topological polar surface area (TPSA) is 152 Å². The van der Waals surface area contributed by atoms with Gasteiger partial charge in [-0.2, -0.15) is 5.01 Å². The summed E-state index contributed by atoms with van der Waals surface area (Å²) in [5, 5.41) is 24.5. The van der Waals surface area contributed by atoms with E-state index in [1.54, 1.807) is 0 Å². The number of phenols is 1. The van der Waals surface area contributed by atoms with E-state index in [-0.39, 0.29) is 36.9 Å². The minimum absolute atomic E-state index is 0.0270. The van der Waals surface area contributed by atoms with Gasteiger partial charge in [-0.3, -0.25) is 25.1 Å². The number of anilines is 1. The molecule has 1 saturated heterocycles. The first kappa shape index (κ1) is 26.7. The van der Waals surface area contributed by atoms with Gasteiger partial charge in [0.25, 0.3) is 17.5 Å². The van der Waals surface area contributed by atoms with E-state index in [4.69, 9.17) is 38.6 Å². The van der Waals surface area contributed by atoms with E-state index in [0.29, 0.717) is 17.2 Å². The molecule has 2 aromatic rings. The van der Waals surface area contributed by atoms with Crippen LogP contribution in [0.2, 0.25) is 0 Å². The van der Waals surface area contributed by atoms with E-state index in [9.17, 15) is 24.8 Å². The van der Waals surface area contributed by atoms with Crippen LogP contribution in [0.3, 0.4) is 0 Å². The number of amides is 2. The molecule has 0 aliphatic carbocycles. The van der Waals surface area contributed by atoms with E-state index in [1.165, 1.54) is 39.5 Å². The molecule has 0 atom stereocenters. The summed E-state index contributed by atoms with van der Waals surface area (Å²) >= 11 is 11.2. The number of non-ortho nitro benzene ring substituents is 1. The van der Waals surface area contributed by atoms with Crippen LogP contribution in [0, 0.1) is 10.1 Å². The molecule has 1 fully saturated rings. The third kappa shape index (κ3) is 5.64. The van der Waals surface area contributed by atoms with Gasteiger partial charge in [0.1, 0.15) is 5.75 Å². The average Bonchev–Trinajstić information content (AvgIpc) is 3.11. The minimum Gasteiger partial charge on any atom is -0.507 e. The van der Waals surface area contributed by atoms with Gasteiger partial charge < -0.3 is 24.6 Å². The zero-order chi connectivity index (χ0) is 26.6. The van der Waals surface area contributed by atoms with Crippen molar-refractivity contribution >= 4 is 74.8 Å². The molecular formula is C21H18N4O8S3. The normalized spacial score (nSPS) is 14.0. The number of methoxy groups -OCH3 is 3. The summed E-state index contributed by atoms with van der Waals surface area (Å²) in [6, 6.07) is 6.38. The third-order valence-electron chi connectivity index (χ3n) is 4.64. The highest BCUT2D eigenvalue weighted by atomic mass is 32.2. The summed E-state index contributed by atoms with van der Waals surface area (Å²) in [7, 11) is 4.28. The summed E-state index contributed by atoms with van der Waals surface area (Å²) < 4.78 is 15.8. The van der Waals surface area contributed by atoms with Crippen molar-refractivity contribution in [1.82, 2.24) is 10.4 Å². The molecule has 2 aromatic carbocycles. The zero-order valence-corrected chi connectivity index (χ0v) is 21.3. The number of aromatic hydroxyl groups is 1. The van der Waals surface area contributed by atoms with Crippen LogP contribution in [0.15, 0.2) is 35.2 Å². The van der Waals surface area contributed by atoms with Gasteiger partial charge in [-0.25, -0.2) is 0 Å². The number of benzene rings is 2. The Morgan fingerprint density at radius 1 is 1.17 bits per heavy atom. The van der Waals surface area contributed by atoms with Crippen LogP contribution in [0.25, 0.3) is 6.08 Å². The van der Waals surface area contributed by atoms with Gasteiger partial charge in [0.2, 0.25) is 5.75 Å². The van der Waals surface area contributed by atoms with Gasteiger partial charge in [-0.1, -0.05) is 24.0 Å². The van der Waals surface area contributed by atoms with Crippen LogP contribution in [0.5, 0.6) is 23.0 Å².